The number of benzene rings is 8. The average Bonchev–Trinajstić information content (AvgIpc) is 3.75. The third kappa shape index (κ3) is 5.00. The first-order chi connectivity index (χ1) is 27.0. The molecule has 0 aliphatic carbocycles. The Bertz CT molecular complexity index is 2950. The molecule has 0 aliphatic heterocycles. The summed E-state index contributed by atoms with van der Waals surface area (Å²) < 4.78 is 5.02. The molecule has 2 aromatic heterocycles. The number of aromatic nitrogens is 2. The zero-order chi connectivity index (χ0) is 37.1. The van der Waals surface area contributed by atoms with E-state index in [9.17, 15) is 0 Å². The molecular formula is C52H42N2Si. The van der Waals surface area contributed by atoms with Crippen LogP contribution in [-0.2, 0) is 0 Å². The maximum atomic E-state index is 2.54. The van der Waals surface area contributed by atoms with E-state index in [4.69, 9.17) is 0 Å². The van der Waals surface area contributed by atoms with E-state index in [-0.39, 0.29) is 5.04 Å². The van der Waals surface area contributed by atoms with Crippen LogP contribution in [0.15, 0.2) is 200 Å². The van der Waals surface area contributed by atoms with Crippen LogP contribution in [0.25, 0.3) is 66.1 Å². The van der Waals surface area contributed by atoms with Gasteiger partial charge in [-0.05, 0) is 68.1 Å². The predicted octanol–water partition coefficient (Wildman–Crippen LogP) is 11.8. The van der Waals surface area contributed by atoms with E-state index < -0.39 is 8.07 Å². The third-order valence-electron chi connectivity index (χ3n) is 11.8. The van der Waals surface area contributed by atoms with Gasteiger partial charge in [-0.3, -0.25) is 0 Å². The van der Waals surface area contributed by atoms with Gasteiger partial charge in [0.2, 0.25) is 0 Å². The molecule has 0 radical (unpaired) electrons. The fourth-order valence-corrected chi connectivity index (χ4v) is 15.5. The van der Waals surface area contributed by atoms with E-state index in [1.807, 2.05) is 0 Å². The van der Waals surface area contributed by atoms with Crippen LogP contribution < -0.4 is 15.6 Å². The first-order valence-electron chi connectivity index (χ1n) is 19.3. The minimum Gasteiger partial charge on any atom is -0.307 e. The maximum Gasteiger partial charge on any atom is 0.154 e. The van der Waals surface area contributed by atoms with Crippen LogP contribution in [0, 0.1) is 0 Å². The number of nitrogens with zero attached hydrogens (tertiary/aromatic N) is 2. The van der Waals surface area contributed by atoms with Gasteiger partial charge in [0.1, 0.15) is 0 Å². The number of fused-ring (bicyclic) bond motifs is 6. The molecule has 10 aromatic rings. The predicted molar refractivity (Wildman–Crippen MR) is 238 cm³/mol. The first-order valence-corrected chi connectivity index (χ1v) is 21.3. The highest BCUT2D eigenvalue weighted by atomic mass is 28.3. The van der Waals surface area contributed by atoms with Gasteiger partial charge in [0.15, 0.2) is 8.07 Å². The van der Waals surface area contributed by atoms with Gasteiger partial charge in [-0.1, -0.05) is 185 Å². The van der Waals surface area contributed by atoms with E-state index >= 15 is 0 Å². The lowest BCUT2D eigenvalue weighted by Crippen LogP contribution is -2.72. The van der Waals surface area contributed by atoms with Crippen LogP contribution in [0.1, 0.15) is 20.8 Å². The molecule has 0 N–H and O–H groups in total. The number of para-hydroxylation sites is 3. The molecule has 0 spiro atoms. The molecule has 0 fully saturated rings. The summed E-state index contributed by atoms with van der Waals surface area (Å²) in [6, 6.07) is 74.3. The molecule has 264 valence electrons. The van der Waals surface area contributed by atoms with Gasteiger partial charge in [0.25, 0.3) is 0 Å². The summed E-state index contributed by atoms with van der Waals surface area (Å²) in [5.74, 6) is 0. The fourth-order valence-electron chi connectivity index (χ4n) is 9.60. The Kier molecular flexibility index (Phi) is 7.76. The second-order valence-corrected chi connectivity index (χ2v) is 20.4. The van der Waals surface area contributed by atoms with Crippen LogP contribution in [0.3, 0.4) is 0 Å². The molecule has 8 aromatic carbocycles. The van der Waals surface area contributed by atoms with Crippen LogP contribution in [-0.4, -0.2) is 17.2 Å². The smallest absolute Gasteiger partial charge is 0.154 e. The minimum absolute atomic E-state index is 0.0501. The molecule has 10 rings (SSSR count). The van der Waals surface area contributed by atoms with Gasteiger partial charge in [-0.15, -0.1) is 0 Å². The Labute approximate surface area is 323 Å². The highest BCUT2D eigenvalue weighted by molar-refractivity contribution is 7.14. The van der Waals surface area contributed by atoms with Crippen molar-refractivity contribution < 1.29 is 0 Å². The summed E-state index contributed by atoms with van der Waals surface area (Å²) in [5, 5.41) is 9.39. The van der Waals surface area contributed by atoms with Crippen molar-refractivity contribution in [3.63, 3.8) is 0 Å². The lowest BCUT2D eigenvalue weighted by molar-refractivity contribution is 0.740. The van der Waals surface area contributed by atoms with E-state index in [1.165, 1.54) is 76.0 Å². The zero-order valence-electron chi connectivity index (χ0n) is 31.4. The summed E-state index contributed by atoms with van der Waals surface area (Å²) >= 11 is 0. The highest BCUT2D eigenvalue weighted by Gasteiger charge is 2.50. The minimum atomic E-state index is -2.69. The van der Waals surface area contributed by atoms with Crippen molar-refractivity contribution in [2.45, 2.75) is 25.8 Å². The number of hydrogen-bond acceptors (Lipinski definition) is 0. The third-order valence-corrected chi connectivity index (χ3v) is 17.7. The van der Waals surface area contributed by atoms with Gasteiger partial charge in [0.05, 0.1) is 27.8 Å². The van der Waals surface area contributed by atoms with Gasteiger partial charge in [0, 0.05) is 27.2 Å². The summed E-state index contributed by atoms with van der Waals surface area (Å²) in [4.78, 5) is 0. The number of rotatable bonds is 6. The highest BCUT2D eigenvalue weighted by Crippen LogP contribution is 2.42. The van der Waals surface area contributed by atoms with Gasteiger partial charge >= 0.3 is 0 Å². The Morgan fingerprint density at radius 1 is 0.382 bits per heavy atom. The van der Waals surface area contributed by atoms with E-state index in [0.717, 1.165) is 5.69 Å². The Morgan fingerprint density at radius 3 is 1.51 bits per heavy atom. The molecule has 0 saturated carbocycles. The molecule has 0 amide bonds. The molecule has 0 saturated heterocycles. The standard InChI is InChI=1S/C52H42N2Si/c1-52(2,3)55(40-21-9-5-10-22-40,41-23-11-6-12-24-41)49-32-18-30-47-50(49)44-26-14-16-29-46(44)54(47)48-31-17-27-43-42-25-13-15-28-45(42)53(51(43)48)39-35-33-38(34-36-39)37-19-7-4-8-20-37/h4-36H,1-3H3. The Morgan fingerprint density at radius 2 is 0.873 bits per heavy atom. The summed E-state index contributed by atoms with van der Waals surface area (Å²) in [6.45, 7) is 7.37. The summed E-state index contributed by atoms with van der Waals surface area (Å²) in [5.41, 5.74) is 9.60. The van der Waals surface area contributed by atoms with Crippen LogP contribution in [0.5, 0.6) is 0 Å². The van der Waals surface area contributed by atoms with Crippen LogP contribution in [0.2, 0.25) is 5.04 Å². The van der Waals surface area contributed by atoms with Crippen molar-refractivity contribution in [1.82, 2.24) is 9.13 Å². The SMILES string of the molecule is CC(C)(C)[Si](c1ccccc1)(c1ccccc1)c1cccc2c1c1ccccc1n2-c1cccc2c3ccccc3n(-c3ccc(-c4ccccc4)cc3)c12. The summed E-state index contributed by atoms with van der Waals surface area (Å²) in [7, 11) is -2.69. The molecule has 0 aliphatic rings. The van der Waals surface area contributed by atoms with Gasteiger partial charge in [-0.25, -0.2) is 0 Å². The molecule has 55 heavy (non-hydrogen) atoms. The van der Waals surface area contributed by atoms with Crippen molar-refractivity contribution in [2.75, 3.05) is 0 Å². The molecular weight excluding hydrogens is 681 g/mol. The molecule has 3 heteroatoms. The van der Waals surface area contributed by atoms with Crippen LogP contribution >= 0.6 is 0 Å². The molecule has 2 heterocycles. The second-order valence-electron chi connectivity index (χ2n) is 15.7. The number of hydrogen-bond donors (Lipinski definition) is 0. The van der Waals surface area contributed by atoms with Crippen molar-refractivity contribution in [3.05, 3.63) is 200 Å². The van der Waals surface area contributed by atoms with Crippen molar-refractivity contribution in [1.29, 1.82) is 0 Å². The molecule has 0 unspecified atom stereocenters. The zero-order valence-corrected chi connectivity index (χ0v) is 32.4. The molecule has 0 bridgehead atoms. The quantitative estimate of drug-likeness (QED) is 0.119. The topological polar surface area (TPSA) is 9.86 Å². The Hall–Kier alpha value is -6.42. The van der Waals surface area contributed by atoms with Gasteiger partial charge in [-0.2, -0.15) is 0 Å². The summed E-state index contributed by atoms with van der Waals surface area (Å²) in [6.07, 6.45) is 0. The Balaban J connectivity index is 1.32. The van der Waals surface area contributed by atoms with E-state index in [1.54, 1.807) is 0 Å². The maximum absolute atomic E-state index is 2.69. The van der Waals surface area contributed by atoms with E-state index in [2.05, 4.69) is 230 Å². The van der Waals surface area contributed by atoms with Crippen molar-refractivity contribution in [2.24, 2.45) is 0 Å². The van der Waals surface area contributed by atoms with Gasteiger partial charge < -0.3 is 9.13 Å². The fraction of sp³-hybridized carbons (Fsp3) is 0.0769. The van der Waals surface area contributed by atoms with Crippen LogP contribution in [0.4, 0.5) is 0 Å². The lowest BCUT2D eigenvalue weighted by Gasteiger charge is -2.45. The molecule has 0 atom stereocenters. The molecule has 2 nitrogen and oxygen atoms in total. The average molecular weight is 723 g/mol. The first kappa shape index (κ1) is 33.2. The van der Waals surface area contributed by atoms with E-state index in [0.29, 0.717) is 0 Å². The largest absolute Gasteiger partial charge is 0.307 e. The monoisotopic (exact) mass is 722 g/mol. The van der Waals surface area contributed by atoms with Crippen molar-refractivity contribution in [3.8, 4) is 22.5 Å². The lowest BCUT2D eigenvalue weighted by atomic mass is 10.1. The van der Waals surface area contributed by atoms with Crippen molar-refractivity contribution >= 4 is 67.2 Å². The normalized spacial score (nSPS) is 12.3. The second kappa shape index (κ2) is 12.9.